The quantitative estimate of drug-likeness (QED) is 0.427. The van der Waals surface area contributed by atoms with E-state index in [4.69, 9.17) is 18.9 Å². The number of esters is 1. The van der Waals surface area contributed by atoms with Crippen molar-refractivity contribution >= 4 is 5.97 Å². The number of ether oxygens (including phenoxy) is 4. The van der Waals surface area contributed by atoms with E-state index < -0.39 is 5.97 Å². The van der Waals surface area contributed by atoms with Crippen LogP contribution in [-0.4, -0.2) is 68.3 Å². The van der Waals surface area contributed by atoms with Crippen molar-refractivity contribution in [2.75, 3.05) is 47.6 Å². The Balaban J connectivity index is 1.84. The Morgan fingerprint density at radius 3 is 2.28 bits per heavy atom. The first-order valence-electron chi connectivity index (χ1n) is 12.2. The molecular formula is C28H35N3O5. The molecule has 2 aromatic carbocycles. The highest BCUT2D eigenvalue weighted by Gasteiger charge is 2.28. The number of aromatic nitrogens is 2. The van der Waals surface area contributed by atoms with Crippen LogP contribution in [0.5, 0.6) is 11.5 Å². The molecule has 2 heterocycles. The third-order valence-electron chi connectivity index (χ3n) is 6.61. The predicted molar refractivity (Wildman–Crippen MR) is 139 cm³/mol. The highest BCUT2D eigenvalue weighted by molar-refractivity contribution is 6.00. The number of methoxy groups -OCH3 is 3. The molecule has 0 spiro atoms. The van der Waals surface area contributed by atoms with Gasteiger partial charge in [-0.1, -0.05) is 38.1 Å². The van der Waals surface area contributed by atoms with E-state index in [0.29, 0.717) is 11.3 Å². The summed E-state index contributed by atoms with van der Waals surface area (Å²) < 4.78 is 23.7. The van der Waals surface area contributed by atoms with Gasteiger partial charge in [-0.05, 0) is 28.7 Å². The van der Waals surface area contributed by atoms with Crippen molar-refractivity contribution in [1.29, 1.82) is 0 Å². The summed E-state index contributed by atoms with van der Waals surface area (Å²) in [6, 6.07) is 12.3. The summed E-state index contributed by atoms with van der Waals surface area (Å²) >= 11 is 0. The van der Waals surface area contributed by atoms with Crippen molar-refractivity contribution in [2.45, 2.75) is 26.3 Å². The van der Waals surface area contributed by atoms with Gasteiger partial charge in [-0.25, -0.2) is 4.79 Å². The van der Waals surface area contributed by atoms with Crippen molar-refractivity contribution < 1.29 is 23.7 Å². The second-order valence-corrected chi connectivity index (χ2v) is 9.22. The minimum atomic E-state index is -0.485. The van der Waals surface area contributed by atoms with E-state index in [1.54, 1.807) is 18.9 Å². The average Bonchev–Trinajstić information content (AvgIpc) is 3.25. The molecule has 0 amide bonds. The lowest BCUT2D eigenvalue weighted by Gasteiger charge is -2.26. The van der Waals surface area contributed by atoms with Crippen LogP contribution < -0.4 is 9.47 Å². The molecule has 1 aromatic heterocycles. The van der Waals surface area contributed by atoms with Gasteiger partial charge < -0.3 is 18.9 Å². The maximum absolute atomic E-state index is 12.8. The van der Waals surface area contributed by atoms with Crippen molar-refractivity contribution in [3.63, 3.8) is 0 Å². The Kier molecular flexibility index (Phi) is 7.96. The largest absolute Gasteiger partial charge is 0.496 e. The smallest absolute Gasteiger partial charge is 0.359 e. The number of benzene rings is 2. The zero-order valence-electron chi connectivity index (χ0n) is 22.0. The van der Waals surface area contributed by atoms with Gasteiger partial charge in [-0.3, -0.25) is 9.58 Å². The highest BCUT2D eigenvalue weighted by atomic mass is 16.5. The number of carbonyl (C=O) groups excluding carboxylic acids is 1. The van der Waals surface area contributed by atoms with Gasteiger partial charge in [0.15, 0.2) is 5.69 Å². The lowest BCUT2D eigenvalue weighted by Crippen LogP contribution is -2.35. The zero-order chi connectivity index (χ0) is 25.8. The Morgan fingerprint density at radius 1 is 1.03 bits per heavy atom. The van der Waals surface area contributed by atoms with Crippen LogP contribution >= 0.6 is 0 Å². The number of nitrogens with zero attached hydrogens (tertiary/aromatic N) is 3. The molecule has 0 saturated carbocycles. The molecule has 1 aliphatic heterocycles. The van der Waals surface area contributed by atoms with Crippen LogP contribution in [0.2, 0.25) is 0 Å². The number of rotatable bonds is 8. The number of morpholine rings is 1. The number of aryl methyl sites for hydroxylation is 1. The molecule has 8 heteroatoms. The zero-order valence-corrected chi connectivity index (χ0v) is 22.0. The molecule has 8 nitrogen and oxygen atoms in total. The van der Waals surface area contributed by atoms with E-state index in [9.17, 15) is 4.79 Å². The number of hydrogen-bond donors (Lipinski definition) is 0. The van der Waals surface area contributed by atoms with E-state index in [2.05, 4.69) is 42.0 Å². The van der Waals surface area contributed by atoms with Crippen LogP contribution in [0.4, 0.5) is 0 Å². The van der Waals surface area contributed by atoms with Gasteiger partial charge in [0.2, 0.25) is 0 Å². The molecule has 3 aromatic rings. The molecule has 1 saturated heterocycles. The molecule has 192 valence electrons. The van der Waals surface area contributed by atoms with Gasteiger partial charge in [0.1, 0.15) is 11.5 Å². The van der Waals surface area contributed by atoms with Gasteiger partial charge >= 0.3 is 5.97 Å². The molecule has 0 radical (unpaired) electrons. The van der Waals surface area contributed by atoms with E-state index in [1.165, 1.54) is 12.7 Å². The summed E-state index contributed by atoms with van der Waals surface area (Å²) in [7, 11) is 6.49. The van der Waals surface area contributed by atoms with Crippen molar-refractivity contribution in [1.82, 2.24) is 14.7 Å². The van der Waals surface area contributed by atoms with Crippen LogP contribution in [-0.2, 0) is 23.1 Å². The Hall–Kier alpha value is -3.36. The molecule has 0 unspecified atom stereocenters. The van der Waals surface area contributed by atoms with Crippen LogP contribution in [0.1, 0.15) is 41.4 Å². The molecule has 1 fully saturated rings. The summed E-state index contributed by atoms with van der Waals surface area (Å²) in [6.45, 7) is 8.48. The summed E-state index contributed by atoms with van der Waals surface area (Å²) in [4.78, 5) is 15.2. The fraction of sp³-hybridized carbons (Fsp3) is 0.429. The SMILES string of the molecule is COC(=O)c1nn(C)c(-c2cc(C(C)C)c(OC)cc2OC)c1-c1ccc(CN2CCOCC2)cc1. The number of hydrogen-bond acceptors (Lipinski definition) is 7. The van der Waals surface area contributed by atoms with Crippen LogP contribution in [0.3, 0.4) is 0 Å². The lowest BCUT2D eigenvalue weighted by atomic mass is 9.93. The monoisotopic (exact) mass is 493 g/mol. The molecule has 36 heavy (non-hydrogen) atoms. The van der Waals surface area contributed by atoms with E-state index >= 15 is 0 Å². The first-order chi connectivity index (χ1) is 17.4. The second kappa shape index (κ2) is 11.1. The molecule has 4 rings (SSSR count). The lowest BCUT2D eigenvalue weighted by molar-refractivity contribution is 0.0342. The van der Waals surface area contributed by atoms with Gasteiger partial charge in [-0.15, -0.1) is 0 Å². The molecule has 0 bridgehead atoms. The van der Waals surface area contributed by atoms with Gasteiger partial charge in [0.25, 0.3) is 0 Å². The fourth-order valence-electron chi connectivity index (χ4n) is 4.70. The van der Waals surface area contributed by atoms with Crippen LogP contribution in [0.15, 0.2) is 36.4 Å². The van der Waals surface area contributed by atoms with Crippen LogP contribution in [0, 0.1) is 0 Å². The highest BCUT2D eigenvalue weighted by Crippen LogP contribution is 2.43. The van der Waals surface area contributed by atoms with Crippen molar-refractivity contribution in [3.8, 4) is 33.9 Å². The van der Waals surface area contributed by atoms with Gasteiger partial charge in [0.05, 0.1) is 40.2 Å². The molecule has 1 aliphatic rings. The Bertz CT molecular complexity index is 1210. The number of carbonyl (C=O) groups is 1. The Labute approximate surface area is 212 Å². The minimum absolute atomic E-state index is 0.223. The third kappa shape index (κ3) is 5.10. The first-order valence-corrected chi connectivity index (χ1v) is 12.2. The summed E-state index contributed by atoms with van der Waals surface area (Å²) in [5.74, 6) is 1.14. The summed E-state index contributed by atoms with van der Waals surface area (Å²) in [6.07, 6.45) is 0. The molecule has 0 aliphatic carbocycles. The first kappa shape index (κ1) is 25.7. The summed E-state index contributed by atoms with van der Waals surface area (Å²) in [5.41, 5.74) is 5.71. The van der Waals surface area contributed by atoms with E-state index in [-0.39, 0.29) is 11.6 Å². The molecular weight excluding hydrogens is 458 g/mol. The Morgan fingerprint density at radius 2 is 1.69 bits per heavy atom. The van der Waals surface area contributed by atoms with Gasteiger partial charge in [-0.2, -0.15) is 5.10 Å². The maximum atomic E-state index is 12.8. The topological polar surface area (TPSA) is 75.0 Å². The molecule has 0 atom stereocenters. The normalized spacial score (nSPS) is 14.2. The predicted octanol–water partition coefficient (Wildman–Crippen LogP) is 4.51. The van der Waals surface area contributed by atoms with Crippen molar-refractivity contribution in [3.05, 3.63) is 53.2 Å². The summed E-state index contributed by atoms with van der Waals surface area (Å²) in [5, 5.41) is 4.58. The fourth-order valence-corrected chi connectivity index (χ4v) is 4.70. The standard InChI is InChI=1S/C28H35N3O5/c1-18(2)21-15-22(24(34-5)16-23(21)33-4)27-25(26(28(32)35-6)29-30(27)3)20-9-7-19(8-10-20)17-31-11-13-36-14-12-31/h7-10,15-16,18H,11-14,17H2,1-6H3. The molecule has 0 N–H and O–H groups in total. The van der Waals surface area contributed by atoms with Crippen molar-refractivity contribution in [2.24, 2.45) is 7.05 Å². The average molecular weight is 494 g/mol. The van der Waals surface area contributed by atoms with E-state index in [1.807, 2.05) is 25.2 Å². The van der Waals surface area contributed by atoms with Crippen LogP contribution in [0.25, 0.3) is 22.4 Å². The third-order valence-corrected chi connectivity index (χ3v) is 6.61. The van der Waals surface area contributed by atoms with E-state index in [0.717, 1.165) is 61.0 Å². The minimum Gasteiger partial charge on any atom is -0.496 e. The second-order valence-electron chi connectivity index (χ2n) is 9.22. The maximum Gasteiger partial charge on any atom is 0.359 e. The van der Waals surface area contributed by atoms with Gasteiger partial charge in [0, 0.05) is 43.9 Å².